The first kappa shape index (κ1) is 12.7. The van der Waals surface area contributed by atoms with Gasteiger partial charge < -0.3 is 0 Å². The maximum Gasteiger partial charge on any atom is 0.142 e. The lowest BCUT2D eigenvalue weighted by atomic mass is 10.2. The van der Waals surface area contributed by atoms with Crippen LogP contribution in [0.3, 0.4) is 0 Å². The fourth-order valence-corrected chi connectivity index (χ4v) is 2.64. The molecule has 0 aliphatic carbocycles. The summed E-state index contributed by atoms with van der Waals surface area (Å²) in [4.78, 5) is 15.1. The predicted octanol–water partition coefficient (Wildman–Crippen LogP) is 1.45. The van der Waals surface area contributed by atoms with Gasteiger partial charge >= 0.3 is 0 Å². The largest absolute Gasteiger partial charge is 0.297 e. The molecule has 0 fully saturated rings. The van der Waals surface area contributed by atoms with Crippen molar-refractivity contribution < 1.29 is 0 Å². The van der Waals surface area contributed by atoms with E-state index in [9.17, 15) is 0 Å². The van der Waals surface area contributed by atoms with Gasteiger partial charge in [-0.25, -0.2) is 19.6 Å². The minimum atomic E-state index is 0.415. The number of hydrogen-bond donors (Lipinski definition) is 0. The Morgan fingerprint density at radius 2 is 2.16 bits per heavy atom. The Balaban J connectivity index is 1.60. The third-order valence-corrected chi connectivity index (χ3v) is 3.71. The summed E-state index contributed by atoms with van der Waals surface area (Å²) < 4.78 is 2.95. The van der Waals surface area contributed by atoms with Crippen LogP contribution in [0.25, 0.3) is 0 Å². The van der Waals surface area contributed by atoms with Crippen molar-refractivity contribution in [1.29, 1.82) is 0 Å². The molecule has 1 atom stereocenters. The van der Waals surface area contributed by atoms with Gasteiger partial charge in [0, 0.05) is 25.4 Å². The maximum atomic E-state index is 4.29. The van der Waals surface area contributed by atoms with E-state index in [-0.39, 0.29) is 0 Å². The molecule has 1 unspecified atom stereocenters. The predicted molar refractivity (Wildman–Crippen MR) is 73.4 cm³/mol. The molecule has 0 amide bonds. The summed E-state index contributed by atoms with van der Waals surface area (Å²) in [5, 5.41) is 4.29. The van der Waals surface area contributed by atoms with Crippen LogP contribution >= 0.6 is 15.9 Å². The number of halogens is 1. The van der Waals surface area contributed by atoms with E-state index < -0.39 is 0 Å². The van der Waals surface area contributed by atoms with Crippen LogP contribution in [0.15, 0.2) is 23.2 Å². The van der Waals surface area contributed by atoms with Gasteiger partial charge in [-0.1, -0.05) is 0 Å². The molecule has 0 bridgehead atoms. The van der Waals surface area contributed by atoms with Crippen LogP contribution in [-0.4, -0.2) is 43.2 Å². The number of aryl methyl sites for hydroxylation is 1. The summed E-state index contributed by atoms with van der Waals surface area (Å²) in [6.45, 7) is 1.68. The average Bonchev–Trinajstić information content (AvgIpc) is 2.97. The highest BCUT2D eigenvalue weighted by atomic mass is 79.9. The quantitative estimate of drug-likeness (QED) is 0.852. The Morgan fingerprint density at radius 3 is 2.95 bits per heavy atom. The summed E-state index contributed by atoms with van der Waals surface area (Å²) in [6.07, 6.45) is 7.33. The second-order valence-corrected chi connectivity index (χ2v) is 5.74. The van der Waals surface area contributed by atoms with E-state index in [1.165, 1.54) is 0 Å². The minimum absolute atomic E-state index is 0.415. The molecule has 0 radical (unpaired) electrons. The number of rotatable bonds is 4. The molecule has 6 nitrogen and oxygen atoms in total. The highest BCUT2D eigenvalue weighted by molar-refractivity contribution is 9.10. The van der Waals surface area contributed by atoms with Crippen LogP contribution in [0.2, 0.25) is 0 Å². The lowest BCUT2D eigenvalue weighted by Crippen LogP contribution is -2.27. The van der Waals surface area contributed by atoms with E-state index in [2.05, 4.69) is 47.9 Å². The zero-order valence-electron chi connectivity index (χ0n) is 10.7. The third kappa shape index (κ3) is 2.82. The van der Waals surface area contributed by atoms with Gasteiger partial charge in [0.25, 0.3) is 0 Å². The van der Waals surface area contributed by atoms with E-state index in [1.54, 1.807) is 18.7 Å². The zero-order chi connectivity index (χ0) is 13.2. The standard InChI is InChI=1S/C12H15BrN6/c1-18(7-11-14-4-9(13)5-15-11)6-10-2-3-12-16-8-17-19(10)12/h4-5,8,10H,2-3,6-7H2,1H3. The molecule has 0 spiro atoms. The van der Waals surface area contributed by atoms with Gasteiger partial charge in [-0.2, -0.15) is 5.10 Å². The molecular formula is C12H15BrN6. The SMILES string of the molecule is CN(Cc1ncc(Br)cn1)CC1CCc2ncnn21. The van der Waals surface area contributed by atoms with Crippen molar-refractivity contribution in [3.8, 4) is 0 Å². The molecular weight excluding hydrogens is 308 g/mol. The summed E-state index contributed by atoms with van der Waals surface area (Å²) in [7, 11) is 2.08. The van der Waals surface area contributed by atoms with Crippen molar-refractivity contribution in [3.63, 3.8) is 0 Å². The van der Waals surface area contributed by atoms with Crippen LogP contribution < -0.4 is 0 Å². The van der Waals surface area contributed by atoms with Crippen LogP contribution in [0.5, 0.6) is 0 Å². The number of aromatic nitrogens is 5. The van der Waals surface area contributed by atoms with E-state index >= 15 is 0 Å². The first-order valence-electron chi connectivity index (χ1n) is 6.26. The Kier molecular flexibility index (Phi) is 3.56. The van der Waals surface area contributed by atoms with Crippen molar-refractivity contribution in [2.75, 3.05) is 13.6 Å². The summed E-state index contributed by atoms with van der Waals surface area (Å²) in [6, 6.07) is 0.415. The highest BCUT2D eigenvalue weighted by Gasteiger charge is 2.24. The normalized spacial score (nSPS) is 17.9. The topological polar surface area (TPSA) is 59.7 Å². The Morgan fingerprint density at radius 1 is 1.37 bits per heavy atom. The van der Waals surface area contributed by atoms with E-state index in [1.807, 2.05) is 4.68 Å². The van der Waals surface area contributed by atoms with E-state index in [0.717, 1.165) is 42.1 Å². The smallest absolute Gasteiger partial charge is 0.142 e. The fraction of sp³-hybridized carbons (Fsp3) is 0.500. The number of likely N-dealkylation sites (N-methyl/N-ethyl adjacent to an activating group) is 1. The highest BCUT2D eigenvalue weighted by Crippen LogP contribution is 2.23. The first-order chi connectivity index (χ1) is 9.22. The minimum Gasteiger partial charge on any atom is -0.297 e. The Bertz CT molecular complexity index is 552. The summed E-state index contributed by atoms with van der Waals surface area (Å²) in [5.74, 6) is 1.93. The lowest BCUT2D eigenvalue weighted by Gasteiger charge is -2.20. The van der Waals surface area contributed by atoms with Crippen molar-refractivity contribution in [3.05, 3.63) is 34.8 Å². The van der Waals surface area contributed by atoms with Crippen LogP contribution in [0.1, 0.15) is 24.1 Å². The maximum absolute atomic E-state index is 4.29. The van der Waals surface area contributed by atoms with Gasteiger partial charge in [0.15, 0.2) is 0 Å². The molecule has 1 aliphatic heterocycles. The molecule has 2 aromatic heterocycles. The molecule has 0 aromatic carbocycles. The average molecular weight is 323 g/mol. The second kappa shape index (κ2) is 5.34. The van der Waals surface area contributed by atoms with Gasteiger partial charge in [-0.05, 0) is 29.4 Å². The van der Waals surface area contributed by atoms with Gasteiger partial charge in [-0.3, -0.25) is 4.90 Å². The van der Waals surface area contributed by atoms with Crippen molar-refractivity contribution in [2.24, 2.45) is 0 Å². The molecule has 7 heteroatoms. The van der Waals surface area contributed by atoms with Crippen LogP contribution in [-0.2, 0) is 13.0 Å². The molecule has 0 N–H and O–H groups in total. The summed E-state index contributed by atoms with van der Waals surface area (Å²) in [5.41, 5.74) is 0. The molecule has 100 valence electrons. The third-order valence-electron chi connectivity index (χ3n) is 3.30. The van der Waals surface area contributed by atoms with Crippen molar-refractivity contribution in [2.45, 2.75) is 25.4 Å². The van der Waals surface area contributed by atoms with Gasteiger partial charge in [0.1, 0.15) is 18.0 Å². The number of nitrogens with zero attached hydrogens (tertiary/aromatic N) is 6. The lowest BCUT2D eigenvalue weighted by molar-refractivity contribution is 0.259. The summed E-state index contributed by atoms with van der Waals surface area (Å²) >= 11 is 3.34. The van der Waals surface area contributed by atoms with E-state index in [4.69, 9.17) is 0 Å². The van der Waals surface area contributed by atoms with Gasteiger partial charge in [0.05, 0.1) is 17.1 Å². The molecule has 19 heavy (non-hydrogen) atoms. The molecule has 0 saturated heterocycles. The van der Waals surface area contributed by atoms with Gasteiger partial charge in [0.2, 0.25) is 0 Å². The Labute approximate surface area is 120 Å². The van der Waals surface area contributed by atoms with Crippen molar-refractivity contribution >= 4 is 15.9 Å². The second-order valence-electron chi connectivity index (χ2n) is 4.83. The fourth-order valence-electron chi connectivity index (χ4n) is 2.43. The molecule has 1 aliphatic rings. The van der Waals surface area contributed by atoms with Crippen LogP contribution in [0, 0.1) is 0 Å². The number of hydrogen-bond acceptors (Lipinski definition) is 5. The van der Waals surface area contributed by atoms with Crippen LogP contribution in [0.4, 0.5) is 0 Å². The van der Waals surface area contributed by atoms with E-state index in [0.29, 0.717) is 6.04 Å². The van der Waals surface area contributed by atoms with Gasteiger partial charge in [-0.15, -0.1) is 0 Å². The molecule has 3 heterocycles. The zero-order valence-corrected chi connectivity index (χ0v) is 12.3. The molecule has 2 aromatic rings. The molecule has 0 saturated carbocycles. The molecule has 3 rings (SSSR count). The van der Waals surface area contributed by atoms with Crippen molar-refractivity contribution in [1.82, 2.24) is 29.6 Å². The first-order valence-corrected chi connectivity index (χ1v) is 7.05. The Hall–Kier alpha value is -1.34. The number of fused-ring (bicyclic) bond motifs is 1. The monoisotopic (exact) mass is 322 g/mol.